The number of hydrogen-bond donors (Lipinski definition) is 2. The molecular weight excluding hydrogens is 180 g/mol. The second-order valence-electron chi connectivity index (χ2n) is 3.46. The Morgan fingerprint density at radius 3 is 2.93 bits per heavy atom. The fourth-order valence-corrected chi connectivity index (χ4v) is 1.09. The van der Waals surface area contributed by atoms with E-state index in [9.17, 15) is 4.79 Å². The van der Waals surface area contributed by atoms with Crippen LogP contribution in [0.4, 0.5) is 0 Å². The minimum atomic E-state index is 0.0171. The Kier molecular flexibility index (Phi) is 4.19. The van der Waals surface area contributed by atoms with Gasteiger partial charge in [-0.3, -0.25) is 4.79 Å². The summed E-state index contributed by atoms with van der Waals surface area (Å²) in [6.07, 6.45) is 3.28. The van der Waals surface area contributed by atoms with Crippen LogP contribution in [0.15, 0.2) is 23.0 Å². The van der Waals surface area contributed by atoms with Gasteiger partial charge in [-0.1, -0.05) is 0 Å². The quantitative estimate of drug-likeness (QED) is 0.735. The van der Waals surface area contributed by atoms with E-state index in [2.05, 4.69) is 10.6 Å². The van der Waals surface area contributed by atoms with Gasteiger partial charge < -0.3 is 15.1 Å². The van der Waals surface area contributed by atoms with Gasteiger partial charge in [0, 0.05) is 18.2 Å². The molecule has 4 heteroatoms. The van der Waals surface area contributed by atoms with Gasteiger partial charge in [0.2, 0.25) is 5.91 Å². The number of carbonyl (C=O) groups is 1. The van der Waals surface area contributed by atoms with E-state index in [1.54, 1.807) is 12.5 Å². The number of amides is 1. The van der Waals surface area contributed by atoms with Gasteiger partial charge in [0.05, 0.1) is 19.1 Å². The molecule has 0 aromatic carbocycles. The van der Waals surface area contributed by atoms with E-state index in [1.165, 1.54) is 0 Å². The van der Waals surface area contributed by atoms with Crippen LogP contribution in [0.1, 0.15) is 19.4 Å². The normalized spacial score (nSPS) is 10.5. The third kappa shape index (κ3) is 4.09. The molecule has 0 radical (unpaired) electrons. The van der Waals surface area contributed by atoms with Crippen molar-refractivity contribution in [3.8, 4) is 0 Å². The van der Waals surface area contributed by atoms with Gasteiger partial charge in [-0.05, 0) is 19.9 Å². The molecule has 0 saturated carbocycles. The highest BCUT2D eigenvalue weighted by Gasteiger charge is 2.02. The van der Waals surface area contributed by atoms with Crippen LogP contribution < -0.4 is 10.6 Å². The largest absolute Gasteiger partial charge is 0.472 e. The van der Waals surface area contributed by atoms with Crippen LogP contribution in [0.5, 0.6) is 0 Å². The summed E-state index contributed by atoms with van der Waals surface area (Å²) in [5, 5.41) is 5.82. The zero-order valence-electron chi connectivity index (χ0n) is 8.54. The summed E-state index contributed by atoms with van der Waals surface area (Å²) in [6, 6.07) is 2.06. The van der Waals surface area contributed by atoms with Gasteiger partial charge >= 0.3 is 0 Å². The van der Waals surface area contributed by atoms with E-state index in [-0.39, 0.29) is 11.9 Å². The molecule has 0 aliphatic carbocycles. The molecule has 1 aromatic heterocycles. The molecule has 4 nitrogen and oxygen atoms in total. The summed E-state index contributed by atoms with van der Waals surface area (Å²) in [4.78, 5) is 11.2. The van der Waals surface area contributed by atoms with Crippen molar-refractivity contribution >= 4 is 5.91 Å². The lowest BCUT2D eigenvalue weighted by atomic mass is 10.3. The third-order valence-corrected chi connectivity index (χ3v) is 1.64. The molecule has 1 aromatic rings. The summed E-state index contributed by atoms with van der Waals surface area (Å²) < 4.78 is 4.90. The van der Waals surface area contributed by atoms with Crippen LogP contribution >= 0.6 is 0 Å². The first-order valence-corrected chi connectivity index (χ1v) is 4.69. The molecule has 1 heterocycles. The Morgan fingerprint density at radius 2 is 2.36 bits per heavy atom. The van der Waals surface area contributed by atoms with Crippen LogP contribution in [0.25, 0.3) is 0 Å². The maximum absolute atomic E-state index is 11.2. The monoisotopic (exact) mass is 196 g/mol. The minimum Gasteiger partial charge on any atom is -0.472 e. The van der Waals surface area contributed by atoms with Gasteiger partial charge in [0.15, 0.2) is 0 Å². The Balaban J connectivity index is 2.12. The molecule has 0 bridgehead atoms. The Hall–Kier alpha value is -1.29. The molecule has 14 heavy (non-hydrogen) atoms. The van der Waals surface area contributed by atoms with Crippen LogP contribution in [0, 0.1) is 0 Å². The van der Waals surface area contributed by atoms with E-state index in [4.69, 9.17) is 4.42 Å². The molecule has 0 atom stereocenters. The second-order valence-corrected chi connectivity index (χ2v) is 3.46. The van der Waals surface area contributed by atoms with Crippen molar-refractivity contribution in [1.82, 2.24) is 10.6 Å². The van der Waals surface area contributed by atoms with E-state index < -0.39 is 0 Å². The molecule has 0 saturated heterocycles. The summed E-state index contributed by atoms with van der Waals surface area (Å²) in [6.45, 7) is 4.87. The van der Waals surface area contributed by atoms with Crippen LogP contribution in [0.3, 0.4) is 0 Å². The summed E-state index contributed by atoms with van der Waals surface area (Å²) >= 11 is 0. The molecule has 2 N–H and O–H groups in total. The van der Waals surface area contributed by atoms with Gasteiger partial charge in [-0.25, -0.2) is 0 Å². The maximum Gasteiger partial charge on any atom is 0.234 e. The predicted octanol–water partition coefficient (Wildman–Crippen LogP) is 0.894. The van der Waals surface area contributed by atoms with Crippen molar-refractivity contribution in [3.63, 3.8) is 0 Å². The highest BCUT2D eigenvalue weighted by atomic mass is 16.3. The fourth-order valence-electron chi connectivity index (χ4n) is 1.09. The van der Waals surface area contributed by atoms with E-state index in [1.807, 2.05) is 19.9 Å². The van der Waals surface area contributed by atoms with E-state index in [0.29, 0.717) is 13.1 Å². The Morgan fingerprint density at radius 1 is 1.57 bits per heavy atom. The molecule has 0 spiro atoms. The zero-order valence-corrected chi connectivity index (χ0v) is 8.54. The van der Waals surface area contributed by atoms with Gasteiger partial charge in [0.1, 0.15) is 0 Å². The lowest BCUT2D eigenvalue weighted by Crippen LogP contribution is -2.37. The molecule has 1 rings (SSSR count). The number of hydrogen-bond acceptors (Lipinski definition) is 3. The first-order valence-electron chi connectivity index (χ1n) is 4.69. The van der Waals surface area contributed by atoms with Gasteiger partial charge in [0.25, 0.3) is 0 Å². The predicted molar refractivity (Wildman–Crippen MR) is 53.7 cm³/mol. The molecule has 1 amide bonds. The third-order valence-electron chi connectivity index (χ3n) is 1.64. The van der Waals surface area contributed by atoms with Crippen LogP contribution in [-0.4, -0.2) is 18.5 Å². The van der Waals surface area contributed by atoms with Crippen LogP contribution in [-0.2, 0) is 11.3 Å². The summed E-state index contributed by atoms with van der Waals surface area (Å²) in [5.74, 6) is 0.0171. The van der Waals surface area contributed by atoms with Crippen molar-refractivity contribution in [2.45, 2.75) is 26.4 Å². The lowest BCUT2D eigenvalue weighted by molar-refractivity contribution is -0.120. The first kappa shape index (κ1) is 10.8. The maximum atomic E-state index is 11.2. The standard InChI is InChI=1S/C10H16N2O2/c1-8(2)12-10(13)6-11-5-9-3-4-14-7-9/h3-4,7-8,11H,5-6H2,1-2H3,(H,12,13). The number of furan rings is 1. The summed E-state index contributed by atoms with van der Waals surface area (Å²) in [7, 11) is 0. The average Bonchev–Trinajstić information content (AvgIpc) is 2.55. The first-order chi connectivity index (χ1) is 6.68. The van der Waals surface area contributed by atoms with Gasteiger partial charge in [-0.2, -0.15) is 0 Å². The molecule has 0 aliphatic rings. The Labute approximate surface area is 83.7 Å². The van der Waals surface area contributed by atoms with E-state index in [0.717, 1.165) is 5.56 Å². The number of nitrogens with one attached hydrogen (secondary N) is 2. The van der Waals surface area contributed by atoms with E-state index >= 15 is 0 Å². The zero-order chi connectivity index (χ0) is 10.4. The molecule has 0 aliphatic heterocycles. The van der Waals surface area contributed by atoms with Crippen molar-refractivity contribution in [3.05, 3.63) is 24.2 Å². The average molecular weight is 196 g/mol. The van der Waals surface area contributed by atoms with Crippen LogP contribution in [0.2, 0.25) is 0 Å². The topological polar surface area (TPSA) is 54.3 Å². The van der Waals surface area contributed by atoms with Crippen molar-refractivity contribution in [2.24, 2.45) is 0 Å². The van der Waals surface area contributed by atoms with Crippen molar-refractivity contribution < 1.29 is 9.21 Å². The lowest BCUT2D eigenvalue weighted by Gasteiger charge is -2.08. The molecule has 0 fully saturated rings. The number of carbonyl (C=O) groups excluding carboxylic acids is 1. The minimum absolute atomic E-state index is 0.0171. The highest BCUT2D eigenvalue weighted by molar-refractivity contribution is 5.78. The fraction of sp³-hybridized carbons (Fsp3) is 0.500. The number of rotatable bonds is 5. The van der Waals surface area contributed by atoms with Crippen molar-refractivity contribution in [2.75, 3.05) is 6.54 Å². The smallest absolute Gasteiger partial charge is 0.234 e. The molecule has 78 valence electrons. The Bertz CT molecular complexity index is 268. The highest BCUT2D eigenvalue weighted by Crippen LogP contribution is 1.97. The SMILES string of the molecule is CC(C)NC(=O)CNCc1ccoc1. The molecular formula is C10H16N2O2. The second kappa shape index (κ2) is 5.44. The van der Waals surface area contributed by atoms with Gasteiger partial charge in [-0.15, -0.1) is 0 Å². The van der Waals surface area contributed by atoms with Crippen molar-refractivity contribution in [1.29, 1.82) is 0 Å². The summed E-state index contributed by atoms with van der Waals surface area (Å²) in [5.41, 5.74) is 1.04. The molecule has 0 unspecified atom stereocenters.